The van der Waals surface area contributed by atoms with Crippen molar-refractivity contribution in [3.8, 4) is 17.0 Å². The van der Waals surface area contributed by atoms with Crippen LogP contribution in [0.1, 0.15) is 17.3 Å². The van der Waals surface area contributed by atoms with E-state index in [1.165, 1.54) is 41.8 Å². The number of halogens is 2. The summed E-state index contributed by atoms with van der Waals surface area (Å²) in [5.74, 6) is -0.940. The highest BCUT2D eigenvalue weighted by molar-refractivity contribution is 7.92. The Hall–Kier alpha value is -3.91. The van der Waals surface area contributed by atoms with Gasteiger partial charge in [-0.15, -0.1) is 0 Å². The van der Waals surface area contributed by atoms with E-state index in [9.17, 15) is 27.1 Å². The van der Waals surface area contributed by atoms with Crippen molar-refractivity contribution >= 4 is 27.1 Å². The van der Waals surface area contributed by atoms with E-state index < -0.39 is 34.2 Å². The third-order valence-electron chi connectivity index (χ3n) is 5.14. The van der Waals surface area contributed by atoms with Gasteiger partial charge < -0.3 is 15.2 Å². The van der Waals surface area contributed by atoms with Crippen molar-refractivity contribution in [2.75, 3.05) is 11.9 Å². The molecule has 0 saturated heterocycles. The van der Waals surface area contributed by atoms with Crippen LogP contribution in [-0.2, 0) is 16.9 Å². The van der Waals surface area contributed by atoms with Gasteiger partial charge in [0.2, 0.25) is 0 Å². The Bertz CT molecular complexity index is 1500. The quantitative estimate of drug-likeness (QED) is 0.370. The Morgan fingerprint density at radius 2 is 2.09 bits per heavy atom. The molecule has 0 aliphatic rings. The predicted molar refractivity (Wildman–Crippen MR) is 120 cm³/mol. The number of carbonyl (C=O) groups is 1. The van der Waals surface area contributed by atoms with Crippen molar-refractivity contribution in [2.24, 2.45) is 7.05 Å². The van der Waals surface area contributed by atoms with Crippen molar-refractivity contribution < 1.29 is 31.8 Å². The summed E-state index contributed by atoms with van der Waals surface area (Å²) in [6.07, 6.45) is 5.86. The average Bonchev–Trinajstić information content (AvgIpc) is 3.41. The largest absolute Gasteiger partial charge is 0.434 e. The van der Waals surface area contributed by atoms with Crippen molar-refractivity contribution in [1.29, 1.82) is 0 Å². The van der Waals surface area contributed by atoms with Crippen molar-refractivity contribution in [1.82, 2.24) is 24.4 Å². The number of aryl methyl sites for hydroxylation is 1. The molecule has 4 aromatic rings. The summed E-state index contributed by atoms with van der Waals surface area (Å²) in [6.45, 7) is -2.51. The molecule has 0 bridgehead atoms. The fourth-order valence-electron chi connectivity index (χ4n) is 3.36. The summed E-state index contributed by atoms with van der Waals surface area (Å²) in [5.41, 5.74) is 0.456. The molecule has 11 nitrogen and oxygen atoms in total. The number of fused-ring (bicyclic) bond motifs is 1. The fraction of sp³-hybridized carbons (Fsp3) is 0.238. The molecule has 35 heavy (non-hydrogen) atoms. The number of hydrogen-bond donors (Lipinski definition) is 2. The van der Waals surface area contributed by atoms with E-state index in [1.54, 1.807) is 12.3 Å². The van der Waals surface area contributed by atoms with Crippen LogP contribution >= 0.6 is 0 Å². The van der Waals surface area contributed by atoms with Gasteiger partial charge in [-0.1, -0.05) is 0 Å². The van der Waals surface area contributed by atoms with Crippen LogP contribution in [0.5, 0.6) is 5.75 Å². The number of hydrogen-bond acceptors (Lipinski definition) is 8. The van der Waals surface area contributed by atoms with Gasteiger partial charge in [0, 0.05) is 31.2 Å². The van der Waals surface area contributed by atoms with Crippen LogP contribution < -0.4 is 10.1 Å². The van der Waals surface area contributed by atoms with E-state index in [0.29, 0.717) is 5.65 Å². The Morgan fingerprint density at radius 1 is 1.31 bits per heavy atom. The highest BCUT2D eigenvalue weighted by atomic mass is 32.2. The van der Waals surface area contributed by atoms with E-state index >= 15 is 0 Å². The molecule has 0 spiro atoms. The smallest absolute Gasteiger partial charge is 0.387 e. The number of aliphatic hydroxyl groups is 1. The Balaban J connectivity index is 1.80. The number of anilines is 1. The minimum atomic E-state index is -3.99. The lowest BCUT2D eigenvalue weighted by atomic mass is 10.1. The van der Waals surface area contributed by atoms with Gasteiger partial charge in [-0.2, -0.15) is 19.0 Å². The molecule has 1 amide bonds. The molecule has 3 aromatic heterocycles. The SMILES string of the molecule is CC(CO)S(=O)(=O)c1ccc(OC(F)F)c(-c2nn(C)cc2NC(=O)c2cnn3cccnc23)c1. The molecule has 0 radical (unpaired) electrons. The molecule has 14 heteroatoms. The average molecular weight is 506 g/mol. The molecular weight excluding hydrogens is 486 g/mol. The van der Waals surface area contributed by atoms with Gasteiger partial charge in [0.05, 0.1) is 28.6 Å². The zero-order chi connectivity index (χ0) is 25.3. The summed E-state index contributed by atoms with van der Waals surface area (Å²) in [7, 11) is -2.45. The second-order valence-electron chi connectivity index (χ2n) is 7.54. The number of nitrogens with one attached hydrogen (secondary N) is 1. The van der Waals surface area contributed by atoms with Crippen molar-refractivity contribution in [3.63, 3.8) is 0 Å². The lowest BCUT2D eigenvalue weighted by Crippen LogP contribution is -2.21. The maximum Gasteiger partial charge on any atom is 0.387 e. The van der Waals surface area contributed by atoms with E-state index in [2.05, 4.69) is 25.2 Å². The maximum atomic E-state index is 13.1. The highest BCUT2D eigenvalue weighted by Crippen LogP contribution is 2.37. The number of rotatable bonds is 8. The molecule has 0 fully saturated rings. The Labute approximate surface area is 197 Å². The zero-order valence-corrected chi connectivity index (χ0v) is 19.3. The highest BCUT2D eigenvalue weighted by Gasteiger charge is 2.27. The van der Waals surface area contributed by atoms with Gasteiger partial charge in [0.15, 0.2) is 15.5 Å². The second-order valence-corrected chi connectivity index (χ2v) is 9.91. The molecule has 0 aliphatic carbocycles. The molecule has 4 rings (SSSR count). The number of benzene rings is 1. The lowest BCUT2D eigenvalue weighted by molar-refractivity contribution is -0.0494. The first-order valence-corrected chi connectivity index (χ1v) is 11.7. The number of carbonyl (C=O) groups excluding carboxylic acids is 1. The first-order valence-electron chi connectivity index (χ1n) is 10.2. The standard InChI is InChI=1S/C21H20F2N6O5S/c1-12(11-30)35(32,33)13-4-5-17(34-21(22)23)14(8-13)18-16(10-28(2)27-18)26-20(31)15-9-25-29-7-3-6-24-19(15)29/h3-10,12,21,30H,11H2,1-2H3,(H,26,31). The Morgan fingerprint density at radius 3 is 2.80 bits per heavy atom. The predicted octanol–water partition coefficient (Wildman–Crippen LogP) is 2.14. The van der Waals surface area contributed by atoms with Crippen molar-refractivity contribution in [2.45, 2.75) is 23.7 Å². The monoisotopic (exact) mass is 506 g/mol. The van der Waals surface area contributed by atoms with Crippen LogP contribution in [-0.4, -0.2) is 62.3 Å². The maximum absolute atomic E-state index is 13.1. The Kier molecular flexibility index (Phi) is 6.49. The van der Waals surface area contributed by atoms with Gasteiger partial charge in [-0.05, 0) is 31.2 Å². The van der Waals surface area contributed by atoms with Crippen LogP contribution in [0.4, 0.5) is 14.5 Å². The molecule has 3 heterocycles. The van der Waals surface area contributed by atoms with Crippen LogP contribution in [0.25, 0.3) is 16.9 Å². The van der Waals surface area contributed by atoms with E-state index in [-0.39, 0.29) is 33.2 Å². The summed E-state index contributed by atoms with van der Waals surface area (Å²) in [4.78, 5) is 16.9. The van der Waals surface area contributed by atoms with Crippen LogP contribution in [0.2, 0.25) is 0 Å². The second kappa shape index (κ2) is 9.38. The molecule has 0 aliphatic heterocycles. The third-order valence-corrected chi connectivity index (χ3v) is 7.26. The van der Waals surface area contributed by atoms with Gasteiger partial charge in [0.1, 0.15) is 17.0 Å². The molecule has 1 unspecified atom stereocenters. The minimum absolute atomic E-state index is 0.00497. The lowest BCUT2D eigenvalue weighted by Gasteiger charge is -2.15. The minimum Gasteiger partial charge on any atom is -0.434 e. The van der Waals surface area contributed by atoms with Gasteiger partial charge in [0.25, 0.3) is 5.91 Å². The van der Waals surface area contributed by atoms with Crippen LogP contribution in [0.15, 0.2) is 53.9 Å². The summed E-state index contributed by atoms with van der Waals surface area (Å²) in [5, 5.41) is 19.1. The van der Waals surface area contributed by atoms with Crippen molar-refractivity contribution in [3.05, 3.63) is 54.6 Å². The van der Waals surface area contributed by atoms with E-state index in [4.69, 9.17) is 0 Å². The molecular formula is C21H20F2N6O5S. The number of amides is 1. The summed E-state index contributed by atoms with van der Waals surface area (Å²) in [6, 6.07) is 4.95. The summed E-state index contributed by atoms with van der Waals surface area (Å²) >= 11 is 0. The van der Waals surface area contributed by atoms with Crippen LogP contribution in [0, 0.1) is 0 Å². The number of aliphatic hydroxyl groups excluding tert-OH is 1. The topological polar surface area (TPSA) is 141 Å². The van der Waals surface area contributed by atoms with Gasteiger partial charge >= 0.3 is 6.61 Å². The molecule has 0 saturated carbocycles. The number of sulfone groups is 1. The fourth-order valence-corrected chi connectivity index (χ4v) is 4.56. The first-order chi connectivity index (χ1) is 16.6. The van der Waals surface area contributed by atoms with Gasteiger partial charge in [-0.25, -0.2) is 17.9 Å². The van der Waals surface area contributed by atoms with Crippen LogP contribution in [0.3, 0.4) is 0 Å². The first kappa shape index (κ1) is 24.2. The number of aromatic nitrogens is 5. The zero-order valence-electron chi connectivity index (χ0n) is 18.5. The third kappa shape index (κ3) is 4.70. The number of ether oxygens (including phenoxy) is 1. The summed E-state index contributed by atoms with van der Waals surface area (Å²) < 4.78 is 59.1. The normalized spacial score (nSPS) is 12.7. The van der Waals surface area contributed by atoms with E-state index in [1.807, 2.05) is 0 Å². The molecule has 2 N–H and O–H groups in total. The number of nitrogens with zero attached hydrogens (tertiary/aromatic N) is 5. The molecule has 1 aromatic carbocycles. The van der Waals surface area contributed by atoms with E-state index in [0.717, 1.165) is 18.2 Å². The molecule has 184 valence electrons. The van der Waals surface area contributed by atoms with Gasteiger partial charge in [-0.3, -0.25) is 9.48 Å². The molecule has 1 atom stereocenters. The number of alkyl halides is 2.